The Morgan fingerprint density at radius 1 is 1.24 bits per heavy atom. The number of aromatic nitrogens is 3. The summed E-state index contributed by atoms with van der Waals surface area (Å²) in [4.78, 5) is 19.2. The van der Waals surface area contributed by atoms with E-state index in [1.807, 2.05) is 28.8 Å². The molecular weight excluding hydrogens is 338 g/mol. The predicted molar refractivity (Wildman–Crippen MR) is 98.0 cm³/mol. The highest BCUT2D eigenvalue weighted by molar-refractivity contribution is 6.30. The molecule has 6 nitrogen and oxygen atoms in total. The number of carbonyl (C=O) groups excluding carboxylic acids is 1. The Bertz CT molecular complexity index is 909. The van der Waals surface area contributed by atoms with Crippen molar-refractivity contribution in [3.8, 4) is 0 Å². The molecule has 1 N–H and O–H groups in total. The van der Waals surface area contributed by atoms with Crippen LogP contribution in [0.25, 0.3) is 5.65 Å². The zero-order valence-electron chi connectivity index (χ0n) is 13.6. The van der Waals surface area contributed by atoms with Crippen LogP contribution in [-0.4, -0.2) is 33.6 Å². The topological polar surface area (TPSA) is 62.5 Å². The maximum Gasteiger partial charge on any atom is 0.229 e. The molecule has 3 aromatic rings. The van der Waals surface area contributed by atoms with Gasteiger partial charge in [-0.2, -0.15) is 9.61 Å². The molecule has 2 aromatic heterocycles. The first kappa shape index (κ1) is 15.9. The number of piperidine rings is 1. The van der Waals surface area contributed by atoms with E-state index < -0.39 is 0 Å². The highest BCUT2D eigenvalue weighted by atomic mass is 35.5. The van der Waals surface area contributed by atoms with Gasteiger partial charge in [-0.3, -0.25) is 4.79 Å². The van der Waals surface area contributed by atoms with E-state index in [2.05, 4.69) is 20.3 Å². The van der Waals surface area contributed by atoms with Crippen molar-refractivity contribution in [3.05, 3.63) is 53.8 Å². The van der Waals surface area contributed by atoms with E-state index in [0.29, 0.717) is 11.6 Å². The zero-order valence-corrected chi connectivity index (χ0v) is 14.4. The summed E-state index contributed by atoms with van der Waals surface area (Å²) in [6.07, 6.45) is 5.34. The van der Waals surface area contributed by atoms with Crippen LogP contribution in [0.2, 0.25) is 5.02 Å². The minimum Gasteiger partial charge on any atom is -0.356 e. The second-order valence-corrected chi connectivity index (χ2v) is 6.63. The minimum absolute atomic E-state index is 0.0257. The second-order valence-electron chi connectivity index (χ2n) is 6.19. The van der Waals surface area contributed by atoms with Gasteiger partial charge in [0.15, 0.2) is 5.65 Å². The third-order valence-electron chi connectivity index (χ3n) is 4.48. The van der Waals surface area contributed by atoms with Gasteiger partial charge in [0.25, 0.3) is 0 Å². The number of halogens is 1. The van der Waals surface area contributed by atoms with E-state index >= 15 is 0 Å². The maximum atomic E-state index is 12.7. The molecule has 1 unspecified atom stereocenters. The van der Waals surface area contributed by atoms with Crippen molar-refractivity contribution in [1.82, 2.24) is 14.6 Å². The van der Waals surface area contributed by atoms with Gasteiger partial charge in [-0.15, -0.1) is 0 Å². The number of anilines is 2. The monoisotopic (exact) mass is 355 g/mol. The summed E-state index contributed by atoms with van der Waals surface area (Å²) in [6.45, 7) is 1.56. The van der Waals surface area contributed by atoms with E-state index in [-0.39, 0.29) is 11.8 Å². The fourth-order valence-corrected chi connectivity index (χ4v) is 3.46. The van der Waals surface area contributed by atoms with Crippen LogP contribution < -0.4 is 10.2 Å². The lowest BCUT2D eigenvalue weighted by Gasteiger charge is -2.33. The highest BCUT2D eigenvalue weighted by Crippen LogP contribution is 2.24. The number of fused-ring (bicyclic) bond motifs is 1. The second kappa shape index (κ2) is 6.72. The molecule has 0 bridgehead atoms. The molecule has 128 valence electrons. The van der Waals surface area contributed by atoms with Crippen LogP contribution in [0.3, 0.4) is 0 Å². The molecule has 1 aliphatic rings. The number of nitrogens with one attached hydrogen (secondary N) is 1. The first-order valence-electron chi connectivity index (χ1n) is 8.31. The van der Waals surface area contributed by atoms with Crippen molar-refractivity contribution in [2.75, 3.05) is 23.3 Å². The SMILES string of the molecule is O=C(Nc1cccc(Cl)c1)C1CCCN(c2ccnc3ccnn23)C1. The van der Waals surface area contributed by atoms with Gasteiger partial charge in [-0.05, 0) is 37.1 Å². The molecule has 1 atom stereocenters. The fourth-order valence-electron chi connectivity index (χ4n) is 3.27. The Balaban J connectivity index is 1.51. The average molecular weight is 356 g/mol. The minimum atomic E-state index is -0.0773. The molecule has 0 radical (unpaired) electrons. The van der Waals surface area contributed by atoms with Crippen molar-refractivity contribution in [3.63, 3.8) is 0 Å². The quantitative estimate of drug-likeness (QED) is 0.783. The van der Waals surface area contributed by atoms with Gasteiger partial charge in [0.2, 0.25) is 5.91 Å². The van der Waals surface area contributed by atoms with Gasteiger partial charge in [-0.25, -0.2) is 4.98 Å². The molecule has 25 heavy (non-hydrogen) atoms. The third kappa shape index (κ3) is 3.30. The van der Waals surface area contributed by atoms with Crippen molar-refractivity contribution < 1.29 is 4.79 Å². The van der Waals surface area contributed by atoms with Crippen LogP contribution in [0.5, 0.6) is 0 Å². The highest BCUT2D eigenvalue weighted by Gasteiger charge is 2.27. The van der Waals surface area contributed by atoms with Crippen molar-refractivity contribution >= 4 is 34.7 Å². The lowest BCUT2D eigenvalue weighted by molar-refractivity contribution is -0.120. The summed E-state index contributed by atoms with van der Waals surface area (Å²) in [6, 6.07) is 11.0. The van der Waals surface area contributed by atoms with Crippen LogP contribution in [0.1, 0.15) is 12.8 Å². The van der Waals surface area contributed by atoms with Gasteiger partial charge in [0.1, 0.15) is 5.82 Å². The number of rotatable bonds is 3. The Labute approximate surface area is 150 Å². The number of carbonyl (C=O) groups is 1. The van der Waals surface area contributed by atoms with E-state index in [0.717, 1.165) is 36.5 Å². The molecule has 0 aliphatic carbocycles. The van der Waals surface area contributed by atoms with Crippen LogP contribution in [0, 0.1) is 5.92 Å². The lowest BCUT2D eigenvalue weighted by Crippen LogP contribution is -2.41. The largest absolute Gasteiger partial charge is 0.356 e. The van der Waals surface area contributed by atoms with Crippen LogP contribution >= 0.6 is 11.6 Å². The smallest absolute Gasteiger partial charge is 0.229 e. The molecule has 0 saturated carbocycles. The maximum absolute atomic E-state index is 12.7. The van der Waals surface area contributed by atoms with Gasteiger partial charge >= 0.3 is 0 Å². The van der Waals surface area contributed by atoms with Crippen molar-refractivity contribution in [1.29, 1.82) is 0 Å². The van der Waals surface area contributed by atoms with E-state index in [1.54, 1.807) is 24.5 Å². The number of nitrogens with zero attached hydrogens (tertiary/aromatic N) is 4. The fraction of sp³-hybridized carbons (Fsp3) is 0.278. The summed E-state index contributed by atoms with van der Waals surface area (Å²) in [5.41, 5.74) is 1.54. The normalized spacial score (nSPS) is 17.6. The van der Waals surface area contributed by atoms with Gasteiger partial charge in [-0.1, -0.05) is 17.7 Å². The Hall–Kier alpha value is -2.60. The summed E-state index contributed by atoms with van der Waals surface area (Å²) < 4.78 is 1.82. The summed E-state index contributed by atoms with van der Waals surface area (Å²) in [5, 5.41) is 7.92. The number of amides is 1. The molecular formula is C18H18ClN5O. The Morgan fingerprint density at radius 2 is 2.16 bits per heavy atom. The first-order valence-corrected chi connectivity index (χ1v) is 8.68. The Morgan fingerprint density at radius 3 is 3.04 bits per heavy atom. The third-order valence-corrected chi connectivity index (χ3v) is 4.71. The summed E-state index contributed by atoms with van der Waals surface area (Å²) in [7, 11) is 0. The number of hydrogen-bond donors (Lipinski definition) is 1. The van der Waals surface area contributed by atoms with Crippen molar-refractivity contribution in [2.24, 2.45) is 5.92 Å². The van der Waals surface area contributed by atoms with Crippen molar-refractivity contribution in [2.45, 2.75) is 12.8 Å². The van der Waals surface area contributed by atoms with Crippen LogP contribution in [0.4, 0.5) is 11.5 Å². The Kier molecular flexibility index (Phi) is 4.28. The molecule has 1 saturated heterocycles. The van der Waals surface area contributed by atoms with Gasteiger partial charge < -0.3 is 10.2 Å². The van der Waals surface area contributed by atoms with E-state index in [1.165, 1.54) is 0 Å². The molecule has 7 heteroatoms. The van der Waals surface area contributed by atoms with Gasteiger partial charge in [0.05, 0.1) is 12.1 Å². The standard InChI is InChI=1S/C18H18ClN5O/c19-14-4-1-5-15(11-14)22-18(25)13-3-2-10-23(12-13)17-7-8-20-16-6-9-21-24(16)17/h1,4-9,11,13H,2-3,10,12H2,(H,22,25). The predicted octanol–water partition coefficient (Wildman–Crippen LogP) is 3.24. The molecule has 1 amide bonds. The molecule has 1 aromatic carbocycles. The average Bonchev–Trinajstić information content (AvgIpc) is 3.10. The van der Waals surface area contributed by atoms with Crippen LogP contribution in [-0.2, 0) is 4.79 Å². The number of benzene rings is 1. The van der Waals surface area contributed by atoms with Crippen LogP contribution in [0.15, 0.2) is 48.8 Å². The molecule has 4 rings (SSSR count). The molecule has 1 fully saturated rings. The van der Waals surface area contributed by atoms with E-state index in [4.69, 9.17) is 11.6 Å². The first-order chi connectivity index (χ1) is 12.2. The molecule has 0 spiro atoms. The van der Waals surface area contributed by atoms with E-state index in [9.17, 15) is 4.79 Å². The number of hydrogen-bond acceptors (Lipinski definition) is 4. The van der Waals surface area contributed by atoms with Gasteiger partial charge in [0, 0.05) is 36.1 Å². The lowest BCUT2D eigenvalue weighted by atomic mass is 9.97. The molecule has 3 heterocycles. The summed E-state index contributed by atoms with van der Waals surface area (Å²) in [5.74, 6) is 0.916. The summed E-state index contributed by atoms with van der Waals surface area (Å²) >= 11 is 5.99. The zero-order chi connectivity index (χ0) is 17.2. The molecule has 1 aliphatic heterocycles.